The van der Waals surface area contributed by atoms with Gasteiger partial charge >= 0.3 is 5.97 Å². The first kappa shape index (κ1) is 14.3. The molecular formula is C13H17IO3. The molecule has 0 heterocycles. The molecule has 0 saturated heterocycles. The third-order valence-corrected chi connectivity index (χ3v) is 3.97. The maximum atomic E-state index is 11.9. The molecule has 3 nitrogen and oxygen atoms in total. The van der Waals surface area contributed by atoms with Crippen LogP contribution in [0.25, 0.3) is 0 Å². The smallest absolute Gasteiger partial charge is 0.327 e. The first-order chi connectivity index (χ1) is 7.77. The van der Waals surface area contributed by atoms with E-state index in [0.29, 0.717) is 23.3 Å². The van der Waals surface area contributed by atoms with E-state index in [1.54, 1.807) is 26.0 Å². The van der Waals surface area contributed by atoms with Gasteiger partial charge in [-0.25, -0.2) is 0 Å². The average Bonchev–Trinajstić information content (AvgIpc) is 2.25. The SMILES string of the molecule is CCC(C)(I)C(=O)Oc1cc(C)c(O)c(C)c1. The van der Waals surface area contributed by atoms with E-state index in [0.717, 1.165) is 0 Å². The zero-order valence-electron chi connectivity index (χ0n) is 10.5. The van der Waals surface area contributed by atoms with Crippen LogP contribution in [0.4, 0.5) is 0 Å². The fraction of sp³-hybridized carbons (Fsp3) is 0.462. The lowest BCUT2D eigenvalue weighted by Crippen LogP contribution is -2.31. The van der Waals surface area contributed by atoms with E-state index in [2.05, 4.69) is 22.6 Å². The second-order valence-corrected chi connectivity index (χ2v) is 6.73. The molecule has 1 atom stereocenters. The van der Waals surface area contributed by atoms with E-state index in [9.17, 15) is 9.90 Å². The molecule has 0 spiro atoms. The molecule has 0 amide bonds. The molecule has 1 aromatic rings. The van der Waals surface area contributed by atoms with Crippen molar-refractivity contribution in [2.24, 2.45) is 0 Å². The summed E-state index contributed by atoms with van der Waals surface area (Å²) < 4.78 is 4.81. The minimum atomic E-state index is -0.516. The maximum absolute atomic E-state index is 11.9. The predicted molar refractivity (Wildman–Crippen MR) is 75.9 cm³/mol. The summed E-state index contributed by atoms with van der Waals surface area (Å²) in [5.74, 6) is 0.474. The van der Waals surface area contributed by atoms with Gasteiger partial charge < -0.3 is 9.84 Å². The summed E-state index contributed by atoms with van der Waals surface area (Å²) in [6.45, 7) is 7.35. The zero-order chi connectivity index (χ0) is 13.2. The second-order valence-electron chi connectivity index (χ2n) is 4.35. The minimum absolute atomic E-state index is 0.248. The number of phenols is 1. The van der Waals surface area contributed by atoms with Gasteiger partial charge in [-0.05, 0) is 50.5 Å². The van der Waals surface area contributed by atoms with E-state index in [1.807, 2.05) is 13.8 Å². The lowest BCUT2D eigenvalue weighted by Gasteiger charge is -2.18. The monoisotopic (exact) mass is 348 g/mol. The van der Waals surface area contributed by atoms with Crippen LogP contribution in [0.5, 0.6) is 11.5 Å². The largest absolute Gasteiger partial charge is 0.507 e. The summed E-state index contributed by atoms with van der Waals surface area (Å²) in [5, 5.41) is 9.63. The van der Waals surface area contributed by atoms with Crippen molar-refractivity contribution >= 4 is 28.6 Å². The molecule has 0 bridgehead atoms. The number of esters is 1. The van der Waals surface area contributed by atoms with Crippen LogP contribution in [-0.4, -0.2) is 14.5 Å². The number of ether oxygens (including phenoxy) is 1. The molecule has 0 fully saturated rings. The number of carbonyl (C=O) groups excluding carboxylic acids is 1. The fourth-order valence-electron chi connectivity index (χ4n) is 1.33. The van der Waals surface area contributed by atoms with Crippen molar-refractivity contribution in [1.82, 2.24) is 0 Å². The first-order valence-corrected chi connectivity index (χ1v) is 6.57. The summed E-state index contributed by atoms with van der Waals surface area (Å²) in [6, 6.07) is 3.34. The summed E-state index contributed by atoms with van der Waals surface area (Å²) in [5.41, 5.74) is 1.42. The van der Waals surface area contributed by atoms with Crippen molar-refractivity contribution in [2.45, 2.75) is 37.5 Å². The third kappa shape index (κ3) is 3.34. The first-order valence-electron chi connectivity index (χ1n) is 5.49. The number of aryl methyl sites for hydroxylation is 2. The Bertz CT molecular complexity index is 415. The van der Waals surface area contributed by atoms with Crippen LogP contribution in [0.2, 0.25) is 0 Å². The molecule has 1 unspecified atom stereocenters. The molecule has 0 aliphatic carbocycles. The van der Waals surface area contributed by atoms with Gasteiger partial charge in [0.05, 0.1) is 0 Å². The number of hydrogen-bond acceptors (Lipinski definition) is 3. The molecule has 0 aromatic heterocycles. The Morgan fingerprint density at radius 1 is 1.41 bits per heavy atom. The number of rotatable bonds is 3. The quantitative estimate of drug-likeness (QED) is 0.394. The highest BCUT2D eigenvalue weighted by molar-refractivity contribution is 14.1. The number of hydrogen-bond donors (Lipinski definition) is 1. The number of phenolic OH excluding ortho intramolecular Hbond substituents is 1. The Kier molecular flexibility index (Phi) is 4.41. The van der Waals surface area contributed by atoms with Crippen LogP contribution in [0.1, 0.15) is 31.4 Å². The van der Waals surface area contributed by atoms with Crippen molar-refractivity contribution < 1.29 is 14.6 Å². The van der Waals surface area contributed by atoms with Gasteiger partial charge in [-0.3, -0.25) is 4.79 Å². The topological polar surface area (TPSA) is 46.5 Å². The van der Waals surface area contributed by atoms with Gasteiger partial charge in [-0.2, -0.15) is 0 Å². The van der Waals surface area contributed by atoms with E-state index >= 15 is 0 Å². The standard InChI is InChI=1S/C13H17IO3/c1-5-13(4,14)12(16)17-10-6-8(2)11(15)9(3)7-10/h6-7,15H,5H2,1-4H3. The van der Waals surface area contributed by atoms with Crippen LogP contribution in [0, 0.1) is 13.8 Å². The van der Waals surface area contributed by atoms with Gasteiger partial charge in [0, 0.05) is 0 Å². The van der Waals surface area contributed by atoms with E-state index in [4.69, 9.17) is 4.74 Å². The van der Waals surface area contributed by atoms with Gasteiger partial charge in [-0.15, -0.1) is 0 Å². The Labute approximate surface area is 115 Å². The molecule has 1 N–H and O–H groups in total. The van der Waals surface area contributed by atoms with Crippen molar-refractivity contribution in [3.8, 4) is 11.5 Å². The third-order valence-electron chi connectivity index (χ3n) is 2.76. The van der Waals surface area contributed by atoms with Crippen LogP contribution in [0.3, 0.4) is 0 Å². The normalized spacial score (nSPS) is 14.2. The van der Waals surface area contributed by atoms with E-state index in [-0.39, 0.29) is 11.7 Å². The number of aromatic hydroxyl groups is 1. The van der Waals surface area contributed by atoms with Crippen LogP contribution < -0.4 is 4.74 Å². The molecule has 0 saturated carbocycles. The molecule has 0 radical (unpaired) electrons. The summed E-state index contributed by atoms with van der Waals surface area (Å²) in [4.78, 5) is 11.9. The zero-order valence-corrected chi connectivity index (χ0v) is 12.7. The summed E-state index contributed by atoms with van der Waals surface area (Å²) in [7, 11) is 0. The lowest BCUT2D eigenvalue weighted by molar-refractivity contribution is -0.136. The Balaban J connectivity index is 2.94. The fourth-order valence-corrected chi connectivity index (χ4v) is 1.44. The molecule has 17 heavy (non-hydrogen) atoms. The number of benzene rings is 1. The van der Waals surface area contributed by atoms with E-state index in [1.165, 1.54) is 0 Å². The molecule has 4 heteroatoms. The van der Waals surface area contributed by atoms with Gasteiger partial charge in [0.25, 0.3) is 0 Å². The van der Waals surface area contributed by atoms with Gasteiger partial charge in [0.15, 0.2) is 0 Å². The minimum Gasteiger partial charge on any atom is -0.507 e. The van der Waals surface area contributed by atoms with Crippen molar-refractivity contribution in [3.05, 3.63) is 23.3 Å². The highest BCUT2D eigenvalue weighted by Gasteiger charge is 2.30. The molecule has 94 valence electrons. The summed E-state index contributed by atoms with van der Waals surface area (Å²) >= 11 is 2.09. The van der Waals surface area contributed by atoms with Crippen LogP contribution in [-0.2, 0) is 4.79 Å². The van der Waals surface area contributed by atoms with E-state index < -0.39 is 3.42 Å². The Hall–Kier alpha value is -0.780. The average molecular weight is 348 g/mol. The summed E-state index contributed by atoms with van der Waals surface area (Å²) in [6.07, 6.45) is 0.711. The predicted octanol–water partition coefficient (Wildman–Crippen LogP) is 3.52. The van der Waals surface area contributed by atoms with Gasteiger partial charge in [0.1, 0.15) is 14.9 Å². The number of carbonyl (C=O) groups is 1. The molecular weight excluding hydrogens is 331 g/mol. The number of alkyl halides is 1. The maximum Gasteiger partial charge on any atom is 0.327 e. The Morgan fingerprint density at radius 3 is 2.29 bits per heavy atom. The highest BCUT2D eigenvalue weighted by Crippen LogP contribution is 2.29. The van der Waals surface area contributed by atoms with Gasteiger partial charge in [0.2, 0.25) is 0 Å². The Morgan fingerprint density at radius 2 is 1.88 bits per heavy atom. The highest BCUT2D eigenvalue weighted by atomic mass is 127. The second kappa shape index (κ2) is 5.25. The van der Waals surface area contributed by atoms with Crippen molar-refractivity contribution in [2.75, 3.05) is 0 Å². The lowest BCUT2D eigenvalue weighted by atomic mass is 10.1. The molecule has 0 aliphatic rings. The molecule has 1 aromatic carbocycles. The van der Waals surface area contributed by atoms with Crippen molar-refractivity contribution in [3.63, 3.8) is 0 Å². The van der Waals surface area contributed by atoms with Crippen molar-refractivity contribution in [1.29, 1.82) is 0 Å². The molecule has 1 rings (SSSR count). The van der Waals surface area contributed by atoms with Gasteiger partial charge in [-0.1, -0.05) is 29.5 Å². The van der Waals surface area contributed by atoms with Crippen LogP contribution >= 0.6 is 22.6 Å². The number of halogens is 1. The van der Waals surface area contributed by atoms with Crippen LogP contribution in [0.15, 0.2) is 12.1 Å². The molecule has 0 aliphatic heterocycles.